The molecule has 2 aliphatic heterocycles. The monoisotopic (exact) mass is 393 g/mol. The summed E-state index contributed by atoms with van der Waals surface area (Å²) in [4.78, 5) is 28.8. The second-order valence-electron chi connectivity index (χ2n) is 7.81. The fraction of sp³-hybridized carbons (Fsp3) is 0.391. The molecule has 2 fully saturated rings. The Kier molecular flexibility index (Phi) is 5.81. The van der Waals surface area contributed by atoms with Crippen LogP contribution >= 0.6 is 0 Å². The number of rotatable bonds is 6. The average molecular weight is 393 g/mol. The molecule has 1 N–H and O–H groups in total. The second kappa shape index (κ2) is 8.66. The first kappa shape index (κ1) is 19.5. The second-order valence-corrected chi connectivity index (χ2v) is 7.81. The van der Waals surface area contributed by atoms with Crippen molar-refractivity contribution in [2.24, 2.45) is 0 Å². The van der Waals surface area contributed by atoms with Gasteiger partial charge in [0.2, 0.25) is 5.91 Å². The Hall–Kier alpha value is -2.86. The molecular weight excluding hydrogens is 366 g/mol. The molecule has 2 atom stereocenters. The van der Waals surface area contributed by atoms with E-state index in [-0.39, 0.29) is 24.1 Å². The number of carbonyl (C=O) groups excluding carboxylic acids is 2. The molecule has 2 saturated heterocycles. The zero-order valence-corrected chi connectivity index (χ0v) is 16.7. The number of nitrogens with zero attached hydrogens (tertiary/aromatic N) is 2. The number of ether oxygens (including phenoxy) is 1. The third kappa shape index (κ3) is 4.59. The van der Waals surface area contributed by atoms with Gasteiger partial charge in [0, 0.05) is 12.2 Å². The number of likely N-dealkylation sites (tertiary alicyclic amines) is 1. The minimum absolute atomic E-state index is 0.0179. The summed E-state index contributed by atoms with van der Waals surface area (Å²) in [5.41, 5.74) is 3.27. The summed E-state index contributed by atoms with van der Waals surface area (Å²) >= 11 is 0. The van der Waals surface area contributed by atoms with Gasteiger partial charge in [0.15, 0.2) is 0 Å². The Morgan fingerprint density at radius 2 is 2.00 bits per heavy atom. The van der Waals surface area contributed by atoms with Gasteiger partial charge in [0.1, 0.15) is 6.10 Å². The van der Waals surface area contributed by atoms with Gasteiger partial charge in [-0.3, -0.25) is 14.6 Å². The number of nitrogens with one attached hydrogen (secondary N) is 1. The first-order valence-corrected chi connectivity index (χ1v) is 10.2. The summed E-state index contributed by atoms with van der Waals surface area (Å²) in [5.74, 6) is 0.0179. The van der Waals surface area contributed by atoms with Gasteiger partial charge in [0.05, 0.1) is 19.1 Å². The summed E-state index contributed by atoms with van der Waals surface area (Å²) in [5, 5.41) is 3.00. The molecule has 2 aromatic carbocycles. The van der Waals surface area contributed by atoms with Crippen molar-refractivity contribution >= 4 is 17.7 Å². The van der Waals surface area contributed by atoms with Crippen molar-refractivity contribution in [3.05, 3.63) is 65.7 Å². The molecule has 2 heterocycles. The lowest BCUT2D eigenvalue weighted by atomic mass is 10.1. The van der Waals surface area contributed by atoms with Gasteiger partial charge in [-0.25, -0.2) is 4.79 Å². The Morgan fingerprint density at radius 3 is 2.79 bits per heavy atom. The number of para-hydroxylation sites is 1. The predicted molar refractivity (Wildman–Crippen MR) is 112 cm³/mol. The highest BCUT2D eigenvalue weighted by Gasteiger charge is 2.34. The highest BCUT2D eigenvalue weighted by Crippen LogP contribution is 2.22. The van der Waals surface area contributed by atoms with E-state index in [9.17, 15) is 9.59 Å². The zero-order chi connectivity index (χ0) is 20.2. The minimum Gasteiger partial charge on any atom is -0.442 e. The number of amides is 2. The summed E-state index contributed by atoms with van der Waals surface area (Å²) in [6.07, 6.45) is 1.18. The van der Waals surface area contributed by atoms with Gasteiger partial charge < -0.3 is 10.1 Å². The maximum absolute atomic E-state index is 12.8. The quantitative estimate of drug-likeness (QED) is 0.819. The van der Waals surface area contributed by atoms with E-state index in [1.165, 1.54) is 11.1 Å². The van der Waals surface area contributed by atoms with Crippen molar-refractivity contribution in [1.29, 1.82) is 0 Å². The number of hydrogen-bond acceptors (Lipinski definition) is 4. The molecule has 0 bridgehead atoms. The highest BCUT2D eigenvalue weighted by atomic mass is 16.6. The Morgan fingerprint density at radius 1 is 1.17 bits per heavy atom. The Bertz CT molecular complexity index is 871. The van der Waals surface area contributed by atoms with Crippen LogP contribution in [0.15, 0.2) is 54.6 Å². The first-order chi connectivity index (χ1) is 14.1. The molecule has 6 heteroatoms. The average Bonchev–Trinajstić information content (AvgIpc) is 3.33. The molecule has 0 aromatic heterocycles. The molecule has 2 aromatic rings. The molecule has 2 amide bonds. The number of anilines is 1. The SMILES string of the molecule is Cc1cccc(CN2CCCC2C(=O)NCC2CN(c3ccccc3)C(=O)O2)c1. The number of aryl methyl sites for hydroxylation is 1. The van der Waals surface area contributed by atoms with Crippen molar-refractivity contribution in [3.8, 4) is 0 Å². The van der Waals surface area contributed by atoms with Gasteiger partial charge >= 0.3 is 6.09 Å². The van der Waals surface area contributed by atoms with Crippen LogP contribution in [0.3, 0.4) is 0 Å². The van der Waals surface area contributed by atoms with Crippen molar-refractivity contribution in [2.45, 2.75) is 38.5 Å². The fourth-order valence-electron chi connectivity index (χ4n) is 4.14. The van der Waals surface area contributed by atoms with Crippen LogP contribution in [0, 0.1) is 6.92 Å². The summed E-state index contributed by atoms with van der Waals surface area (Å²) < 4.78 is 5.44. The highest BCUT2D eigenvalue weighted by molar-refractivity contribution is 5.89. The lowest BCUT2D eigenvalue weighted by molar-refractivity contribution is -0.126. The third-order valence-corrected chi connectivity index (χ3v) is 5.58. The standard InChI is InChI=1S/C23H27N3O3/c1-17-7-5-8-18(13-17)15-25-12-6-11-21(25)22(27)24-14-20-16-26(23(28)29-20)19-9-3-2-4-10-19/h2-5,7-10,13,20-21H,6,11-12,14-16H2,1H3,(H,24,27). The fourth-order valence-corrected chi connectivity index (χ4v) is 4.14. The Balaban J connectivity index is 1.30. The molecular formula is C23H27N3O3. The van der Waals surface area contributed by atoms with Crippen LogP contribution in [-0.4, -0.2) is 48.7 Å². The Labute approximate surface area is 171 Å². The van der Waals surface area contributed by atoms with E-state index < -0.39 is 0 Å². The molecule has 2 unspecified atom stereocenters. The smallest absolute Gasteiger partial charge is 0.414 e. The summed E-state index contributed by atoms with van der Waals surface area (Å²) in [7, 11) is 0. The maximum atomic E-state index is 12.8. The van der Waals surface area contributed by atoms with Crippen molar-refractivity contribution < 1.29 is 14.3 Å². The summed E-state index contributed by atoms with van der Waals surface area (Å²) in [6, 6.07) is 17.7. The minimum atomic E-state index is -0.364. The van der Waals surface area contributed by atoms with E-state index in [1.54, 1.807) is 4.90 Å². The molecule has 4 rings (SSSR count). The molecule has 0 saturated carbocycles. The van der Waals surface area contributed by atoms with E-state index >= 15 is 0 Å². The van der Waals surface area contributed by atoms with Crippen molar-refractivity contribution in [1.82, 2.24) is 10.2 Å². The normalized spacial score (nSPS) is 22.0. The van der Waals surface area contributed by atoms with E-state index in [1.807, 2.05) is 30.3 Å². The number of benzene rings is 2. The van der Waals surface area contributed by atoms with Crippen LogP contribution in [0.1, 0.15) is 24.0 Å². The van der Waals surface area contributed by atoms with Gasteiger partial charge in [-0.15, -0.1) is 0 Å². The summed E-state index contributed by atoms with van der Waals surface area (Å²) in [6.45, 7) is 4.56. The van der Waals surface area contributed by atoms with Crippen molar-refractivity contribution in [2.75, 3.05) is 24.5 Å². The van der Waals surface area contributed by atoms with Crippen LogP contribution in [0.2, 0.25) is 0 Å². The van der Waals surface area contributed by atoms with Gasteiger partial charge in [-0.2, -0.15) is 0 Å². The van der Waals surface area contributed by atoms with Crippen molar-refractivity contribution in [3.63, 3.8) is 0 Å². The van der Waals surface area contributed by atoms with E-state index in [2.05, 4.69) is 41.4 Å². The van der Waals surface area contributed by atoms with Crippen LogP contribution < -0.4 is 10.2 Å². The number of cyclic esters (lactones) is 1. The van der Waals surface area contributed by atoms with Gasteiger partial charge in [0.25, 0.3) is 0 Å². The van der Waals surface area contributed by atoms with E-state index in [4.69, 9.17) is 4.74 Å². The van der Waals surface area contributed by atoms with Crippen LogP contribution in [-0.2, 0) is 16.1 Å². The molecule has 0 radical (unpaired) electrons. The van der Waals surface area contributed by atoms with E-state index in [0.717, 1.165) is 31.6 Å². The molecule has 6 nitrogen and oxygen atoms in total. The number of hydrogen-bond donors (Lipinski definition) is 1. The van der Waals surface area contributed by atoms with Gasteiger partial charge in [-0.1, -0.05) is 48.0 Å². The predicted octanol–water partition coefficient (Wildman–Crippen LogP) is 3.10. The lowest BCUT2D eigenvalue weighted by Crippen LogP contribution is -2.45. The van der Waals surface area contributed by atoms with Crippen LogP contribution in [0.5, 0.6) is 0 Å². The van der Waals surface area contributed by atoms with E-state index in [0.29, 0.717) is 13.1 Å². The zero-order valence-electron chi connectivity index (χ0n) is 16.7. The largest absolute Gasteiger partial charge is 0.442 e. The molecule has 152 valence electrons. The molecule has 2 aliphatic rings. The lowest BCUT2D eigenvalue weighted by Gasteiger charge is -2.24. The number of carbonyl (C=O) groups is 2. The molecule has 29 heavy (non-hydrogen) atoms. The van der Waals surface area contributed by atoms with Crippen LogP contribution in [0.4, 0.5) is 10.5 Å². The third-order valence-electron chi connectivity index (χ3n) is 5.58. The van der Waals surface area contributed by atoms with Gasteiger partial charge in [-0.05, 0) is 44.0 Å². The molecule has 0 aliphatic carbocycles. The maximum Gasteiger partial charge on any atom is 0.414 e. The topological polar surface area (TPSA) is 61.9 Å². The first-order valence-electron chi connectivity index (χ1n) is 10.2. The molecule has 0 spiro atoms. The van der Waals surface area contributed by atoms with Crippen LogP contribution in [0.25, 0.3) is 0 Å².